The van der Waals surface area contributed by atoms with E-state index >= 15 is 0 Å². The topological polar surface area (TPSA) is 146 Å². The molecule has 0 saturated heterocycles. The number of hydrogen-bond donors (Lipinski definition) is 2. The van der Waals surface area contributed by atoms with Gasteiger partial charge in [-0.3, -0.25) is 28.8 Å². The molecule has 6 aromatic carbocycles. The third kappa shape index (κ3) is 29.7. The fraction of sp³-hybridized carbons (Fsp3) is 0.704. The molecule has 0 heterocycles. The van der Waals surface area contributed by atoms with Gasteiger partial charge >= 0.3 is 0 Å². The minimum Gasteiger partial charge on any atom is -0.382 e. The highest BCUT2D eigenvalue weighted by Crippen LogP contribution is 2.34. The maximum absolute atomic E-state index is 11.9. The molecule has 6 aromatic rings. The average molecular weight is 1510 g/mol. The molecule has 14 nitrogen and oxygen atoms in total. The van der Waals surface area contributed by atoms with E-state index in [1.54, 1.807) is 0 Å². The lowest BCUT2D eigenvalue weighted by atomic mass is 9.88. The summed E-state index contributed by atoms with van der Waals surface area (Å²) in [6.07, 6.45) is 15.0. The van der Waals surface area contributed by atoms with E-state index in [9.17, 15) is 28.8 Å². The van der Waals surface area contributed by atoms with Gasteiger partial charge in [0.05, 0.1) is 52.2 Å². The Balaban J connectivity index is 0.000000606. The first-order valence-corrected chi connectivity index (χ1v) is 39.2. The van der Waals surface area contributed by atoms with E-state index in [0.717, 1.165) is 191 Å². The van der Waals surface area contributed by atoms with Gasteiger partial charge in [0.25, 0.3) is 0 Å². The molecule has 20 heteroatoms. The highest BCUT2D eigenvalue weighted by Gasteiger charge is 2.27. The predicted octanol–water partition coefficient (Wildman–Crippen LogP) is 19.4. The van der Waals surface area contributed by atoms with E-state index in [1.165, 1.54) is 6.42 Å². The lowest BCUT2D eigenvalue weighted by Gasteiger charge is -2.30. The molecule has 0 saturated carbocycles. The number of rotatable bonds is 29. The predicted molar refractivity (Wildman–Crippen MR) is 459 cm³/mol. The molecule has 0 aromatic heterocycles. The summed E-state index contributed by atoms with van der Waals surface area (Å²) >= 11 is 30.8. The van der Waals surface area contributed by atoms with Crippen molar-refractivity contribution in [2.75, 3.05) is 135 Å². The van der Waals surface area contributed by atoms with Crippen molar-refractivity contribution < 1.29 is 0 Å². The third-order valence-electron chi connectivity index (χ3n) is 17.8. The van der Waals surface area contributed by atoms with Crippen LogP contribution in [0, 0.1) is 59.6 Å². The normalized spacial score (nSPS) is 12.0. The highest BCUT2D eigenvalue weighted by atomic mass is 32.1. The Bertz CT molecular complexity index is 4020. The summed E-state index contributed by atoms with van der Waals surface area (Å²) in [6.45, 7) is 56.3. The first-order valence-electron chi connectivity index (χ1n) is 36.8. The minimum absolute atomic E-state index is 0.00242. The number of anilines is 8. The summed E-state index contributed by atoms with van der Waals surface area (Å²) in [7, 11) is 13.5. The Kier molecular flexibility index (Phi) is 38.1. The number of hydrogen-bond acceptors (Lipinski definition) is 20. The van der Waals surface area contributed by atoms with Crippen molar-refractivity contribution in [3.8, 4) is 0 Å². The van der Waals surface area contributed by atoms with Gasteiger partial charge in [0.15, 0.2) is 0 Å². The van der Waals surface area contributed by atoms with E-state index in [4.69, 9.17) is 73.3 Å². The molecule has 0 unspecified atom stereocenters. The van der Waals surface area contributed by atoms with E-state index in [2.05, 4.69) is 171 Å². The van der Waals surface area contributed by atoms with Crippen LogP contribution in [0.2, 0.25) is 0 Å². The van der Waals surface area contributed by atoms with E-state index in [-0.39, 0.29) is 32.6 Å². The lowest BCUT2D eigenvalue weighted by Crippen LogP contribution is -2.33. The molecule has 0 amide bonds. The molecule has 0 aliphatic carbocycles. The van der Waals surface area contributed by atoms with Crippen molar-refractivity contribution in [3.63, 3.8) is 0 Å². The molecule has 0 radical (unpaired) electrons. The zero-order chi connectivity index (χ0) is 78.6. The first kappa shape index (κ1) is 94.4. The smallest absolute Gasteiger partial charge is 0.224 e. The van der Waals surface area contributed by atoms with Gasteiger partial charge in [-0.1, -0.05) is 198 Å². The van der Waals surface area contributed by atoms with Crippen LogP contribution < -0.4 is 72.6 Å². The van der Waals surface area contributed by atoms with E-state index in [1.807, 2.05) is 77.9 Å². The average Bonchev–Trinajstić information content (AvgIpc) is 0.794. The summed E-state index contributed by atoms with van der Waals surface area (Å²) < 4.78 is 3.19. The second-order valence-corrected chi connectivity index (χ2v) is 37.3. The number of nitrogens with one attached hydrogen (secondary N) is 2. The Morgan fingerprint density at radius 2 is 0.564 bits per heavy atom. The molecule has 0 fully saturated rings. The summed E-state index contributed by atoms with van der Waals surface area (Å²) in [5, 5.41) is 6.19. The SMILES string of the molecule is CCN(C)c1c(CCCC(C)(C)C)c(=S)c1=O.CCN(CC)c1c(CCCC(C)(C)C)c(=S)c1=O.CCNc1c(CCCC(C)(C)C)c(=S)c1=O.CCNc1c(N(C)CCC(C)(C)C)c(=S)c1=O.CN(C)c1c(CCCC(C)(C)C)c(=S)c1=O.CN(C)c1c(N(C)CCC(C)(C)C)c(=S)c1=O. The van der Waals surface area contributed by atoms with E-state index in [0.29, 0.717) is 65.2 Å². The van der Waals surface area contributed by atoms with Crippen LogP contribution in [-0.2, 0) is 25.7 Å². The zero-order valence-electron chi connectivity index (χ0n) is 68.4. The van der Waals surface area contributed by atoms with Gasteiger partial charge in [-0.15, -0.1) is 0 Å². The van der Waals surface area contributed by atoms with Crippen molar-refractivity contribution in [1.29, 1.82) is 0 Å². The molecule has 0 atom stereocenters. The number of nitrogens with zero attached hydrogens (tertiary/aromatic N) is 6. The van der Waals surface area contributed by atoms with Crippen LogP contribution in [-0.4, -0.2) is 95.1 Å². The second-order valence-electron chi connectivity index (χ2n) is 34.9. The van der Waals surface area contributed by atoms with Crippen molar-refractivity contribution in [1.82, 2.24) is 0 Å². The van der Waals surface area contributed by atoms with Crippen LogP contribution in [0.1, 0.15) is 246 Å². The second kappa shape index (κ2) is 40.8. The quantitative estimate of drug-likeness (QED) is 0.0429. The van der Waals surface area contributed by atoms with Gasteiger partial charge in [0.1, 0.15) is 20.4 Å². The molecule has 6 rings (SSSR count). The standard InChI is InChI=1S/C15H25NOS.C14H23NOS.2C13H22N2OS.2C13H21NOS/c1-6-16(7-2)12-11(14(18)13(12)17)9-8-10-15(3,4)5;1-6-15(5)11-10(13(17)12(11)16)8-7-9-14(2,3)4;1-13(2,3)7-8-15(6)10-9(14(4)5)11(16)12(10)17;1-6-14-9-10(12(17)11(9)16)15(5)8-7-13(2,3)4;1-13(2,3)8-6-7-9-10(14(4)5)11(15)12(9)16;1-5-14-10-9(12(16)11(10)15)7-6-8-13(2,3)4/h6-10H2,1-5H3;6-9H2,1-5H3;7-8H2,1-6H3;14H,6-8H2,1-5H3;6-8H2,1-5H3;14H,5-8H2,1-4H3. The fourth-order valence-electron chi connectivity index (χ4n) is 11.6. The minimum atomic E-state index is -0.0144. The summed E-state index contributed by atoms with van der Waals surface area (Å²) in [6, 6.07) is 0. The Morgan fingerprint density at radius 1 is 0.287 bits per heavy atom. The van der Waals surface area contributed by atoms with Gasteiger partial charge in [-0.05, 0) is 157 Å². The van der Waals surface area contributed by atoms with Gasteiger partial charge in [-0.25, -0.2) is 0 Å². The molecular formula is C81H134N8O6S6. The molecule has 2 N–H and O–H groups in total. The molecular weight excluding hydrogens is 1370 g/mol. The van der Waals surface area contributed by atoms with Crippen LogP contribution >= 0.6 is 73.3 Å². The molecule has 570 valence electrons. The van der Waals surface area contributed by atoms with E-state index < -0.39 is 0 Å². The van der Waals surface area contributed by atoms with Crippen LogP contribution in [0.5, 0.6) is 0 Å². The Labute approximate surface area is 641 Å². The summed E-state index contributed by atoms with van der Waals surface area (Å²) in [5.41, 5.74) is 13.2. The summed E-state index contributed by atoms with van der Waals surface area (Å²) in [5.74, 6) is 0. The van der Waals surface area contributed by atoms with Crippen molar-refractivity contribution in [2.24, 2.45) is 32.5 Å². The van der Waals surface area contributed by atoms with Crippen molar-refractivity contribution >= 4 is 119 Å². The van der Waals surface area contributed by atoms with Crippen LogP contribution in [0.4, 0.5) is 45.5 Å². The highest BCUT2D eigenvalue weighted by molar-refractivity contribution is 7.72. The molecule has 101 heavy (non-hydrogen) atoms. The lowest BCUT2D eigenvalue weighted by molar-refractivity contribution is 0.365. The fourth-order valence-corrected chi connectivity index (χ4v) is 13.5. The maximum Gasteiger partial charge on any atom is 0.224 e. The largest absolute Gasteiger partial charge is 0.382 e. The molecule has 0 spiro atoms. The first-order chi connectivity index (χ1) is 46.1. The van der Waals surface area contributed by atoms with Crippen molar-refractivity contribution in [3.05, 3.63) is 111 Å². The monoisotopic (exact) mass is 1510 g/mol. The van der Waals surface area contributed by atoms with Crippen LogP contribution in [0.15, 0.2) is 28.8 Å². The van der Waals surface area contributed by atoms with Gasteiger partial charge in [0, 0.05) is 117 Å². The summed E-state index contributed by atoms with van der Waals surface area (Å²) in [4.78, 5) is 81.8. The molecule has 0 aliphatic rings. The third-order valence-corrected chi connectivity index (χ3v) is 20.3. The zero-order valence-corrected chi connectivity index (χ0v) is 73.3. The van der Waals surface area contributed by atoms with Gasteiger partial charge < -0.3 is 40.0 Å². The van der Waals surface area contributed by atoms with Gasteiger partial charge in [-0.2, -0.15) is 0 Å². The van der Waals surface area contributed by atoms with Crippen LogP contribution in [0.25, 0.3) is 0 Å². The maximum atomic E-state index is 11.9. The Morgan fingerprint density at radius 3 is 0.901 bits per heavy atom. The molecule has 0 aliphatic heterocycles. The van der Waals surface area contributed by atoms with Crippen LogP contribution in [0.3, 0.4) is 0 Å². The van der Waals surface area contributed by atoms with Gasteiger partial charge in [0.2, 0.25) is 32.6 Å². The van der Waals surface area contributed by atoms with Crippen molar-refractivity contribution in [2.45, 2.75) is 249 Å². The molecule has 0 bridgehead atoms. The Hall–Kier alpha value is -4.60.